The number of anilines is 1. The maximum atomic E-state index is 13.0. The molecule has 1 spiro atoms. The summed E-state index contributed by atoms with van der Waals surface area (Å²) in [4.78, 5) is 14.7. The first kappa shape index (κ1) is 13.9. The molecule has 1 amide bonds. The van der Waals surface area contributed by atoms with E-state index in [1.54, 1.807) is 4.90 Å². The van der Waals surface area contributed by atoms with Gasteiger partial charge < -0.3 is 14.4 Å². The molecule has 1 saturated heterocycles. The van der Waals surface area contributed by atoms with E-state index in [1.807, 2.05) is 48.5 Å². The predicted molar refractivity (Wildman–Crippen MR) is 85.4 cm³/mol. The Labute approximate surface area is 136 Å². The summed E-state index contributed by atoms with van der Waals surface area (Å²) >= 11 is 3.46. The Morgan fingerprint density at radius 2 is 1.82 bits per heavy atom. The van der Waals surface area contributed by atoms with Crippen LogP contribution in [0.5, 0.6) is 0 Å². The Kier molecular flexibility index (Phi) is 3.29. The maximum Gasteiger partial charge on any atom is 0.292 e. The molecule has 4 rings (SSSR count). The molecule has 0 N–H and O–H groups in total. The van der Waals surface area contributed by atoms with Crippen LogP contribution in [0, 0.1) is 0 Å². The van der Waals surface area contributed by atoms with E-state index in [2.05, 4.69) is 15.9 Å². The normalized spacial score (nSPS) is 19.0. The van der Waals surface area contributed by atoms with E-state index in [9.17, 15) is 4.79 Å². The summed E-state index contributed by atoms with van der Waals surface area (Å²) in [5, 5.41) is 0. The number of nitrogens with zero attached hydrogens (tertiary/aromatic N) is 1. The monoisotopic (exact) mass is 359 g/mol. The van der Waals surface area contributed by atoms with Crippen LogP contribution in [-0.4, -0.2) is 19.1 Å². The number of hydrogen-bond acceptors (Lipinski definition) is 3. The third kappa shape index (κ3) is 2.00. The summed E-state index contributed by atoms with van der Waals surface area (Å²) in [6.45, 7) is 1.36. The van der Waals surface area contributed by atoms with E-state index < -0.39 is 5.79 Å². The fraction of sp³-hybridized carbons (Fsp3) is 0.235. The number of rotatable bonds is 2. The highest BCUT2D eigenvalue weighted by Gasteiger charge is 2.56. The van der Waals surface area contributed by atoms with Crippen LogP contribution < -0.4 is 4.90 Å². The molecule has 5 heteroatoms. The van der Waals surface area contributed by atoms with E-state index in [1.165, 1.54) is 0 Å². The van der Waals surface area contributed by atoms with E-state index >= 15 is 0 Å². The van der Waals surface area contributed by atoms with Crippen LogP contribution in [0.25, 0.3) is 0 Å². The van der Waals surface area contributed by atoms with Gasteiger partial charge >= 0.3 is 0 Å². The number of hydrogen-bond donors (Lipinski definition) is 0. The minimum absolute atomic E-state index is 0.151. The molecule has 2 aliphatic heterocycles. The highest BCUT2D eigenvalue weighted by Crippen LogP contribution is 2.47. The molecule has 2 aromatic carbocycles. The van der Waals surface area contributed by atoms with Gasteiger partial charge in [0, 0.05) is 10.0 Å². The number of carbonyl (C=O) groups is 1. The van der Waals surface area contributed by atoms with Gasteiger partial charge in [-0.2, -0.15) is 0 Å². The summed E-state index contributed by atoms with van der Waals surface area (Å²) in [5.41, 5.74) is 2.69. The lowest BCUT2D eigenvalue weighted by Gasteiger charge is -2.22. The predicted octanol–water partition coefficient (Wildman–Crippen LogP) is 3.20. The highest BCUT2D eigenvalue weighted by atomic mass is 79.9. The standard InChI is InChI=1S/C17H14BrNO3/c18-13-6-7-15-14(10-13)17(21-8-9-22-17)16(20)19(15)11-12-4-2-1-3-5-12/h1-7,10H,8-9,11H2. The summed E-state index contributed by atoms with van der Waals surface area (Å²) in [6, 6.07) is 15.7. The van der Waals surface area contributed by atoms with E-state index in [0.29, 0.717) is 19.8 Å². The lowest BCUT2D eigenvalue weighted by atomic mass is 10.1. The Morgan fingerprint density at radius 3 is 2.55 bits per heavy atom. The van der Waals surface area contributed by atoms with Gasteiger partial charge in [-0.05, 0) is 23.8 Å². The van der Waals surface area contributed by atoms with Gasteiger partial charge in [-0.15, -0.1) is 0 Å². The first-order valence-electron chi connectivity index (χ1n) is 7.14. The molecule has 2 aromatic rings. The number of fused-ring (bicyclic) bond motifs is 2. The fourth-order valence-corrected chi connectivity index (χ4v) is 3.39. The second kappa shape index (κ2) is 5.19. The van der Waals surface area contributed by atoms with Crippen LogP contribution in [0.3, 0.4) is 0 Å². The van der Waals surface area contributed by atoms with Crippen molar-refractivity contribution in [3.05, 3.63) is 64.1 Å². The van der Waals surface area contributed by atoms with Crippen molar-refractivity contribution in [1.29, 1.82) is 0 Å². The van der Waals surface area contributed by atoms with Gasteiger partial charge in [0.15, 0.2) is 0 Å². The van der Waals surface area contributed by atoms with E-state index in [-0.39, 0.29) is 5.91 Å². The molecule has 0 aromatic heterocycles. The zero-order valence-electron chi connectivity index (χ0n) is 11.8. The van der Waals surface area contributed by atoms with Crippen molar-refractivity contribution >= 4 is 27.5 Å². The number of benzene rings is 2. The first-order valence-corrected chi connectivity index (χ1v) is 7.94. The van der Waals surface area contributed by atoms with Crippen molar-refractivity contribution in [1.82, 2.24) is 0 Å². The fourth-order valence-electron chi connectivity index (χ4n) is 3.02. The van der Waals surface area contributed by atoms with Gasteiger partial charge in [0.2, 0.25) is 0 Å². The third-order valence-corrected chi connectivity index (χ3v) is 4.50. The summed E-state index contributed by atoms with van der Waals surface area (Å²) in [5.74, 6) is -1.42. The van der Waals surface area contributed by atoms with Crippen molar-refractivity contribution in [2.45, 2.75) is 12.3 Å². The summed E-state index contributed by atoms with van der Waals surface area (Å²) in [7, 11) is 0. The smallest absolute Gasteiger partial charge is 0.292 e. The average molecular weight is 360 g/mol. The number of carbonyl (C=O) groups excluding carboxylic acids is 1. The van der Waals surface area contributed by atoms with Crippen molar-refractivity contribution in [2.24, 2.45) is 0 Å². The lowest BCUT2D eigenvalue weighted by molar-refractivity contribution is -0.180. The quantitative estimate of drug-likeness (QED) is 0.826. The van der Waals surface area contributed by atoms with E-state index in [0.717, 1.165) is 21.3 Å². The molecule has 2 heterocycles. The SMILES string of the molecule is O=C1N(Cc2ccccc2)c2ccc(Br)cc2C12OCCO2. The first-order chi connectivity index (χ1) is 10.7. The molecule has 0 unspecified atom stereocenters. The van der Waals surface area contributed by atoms with Crippen LogP contribution >= 0.6 is 15.9 Å². The topological polar surface area (TPSA) is 38.8 Å². The number of ether oxygens (including phenoxy) is 2. The van der Waals surface area contributed by atoms with E-state index in [4.69, 9.17) is 9.47 Å². The van der Waals surface area contributed by atoms with Gasteiger partial charge in [0.1, 0.15) is 0 Å². The average Bonchev–Trinajstić information content (AvgIpc) is 3.10. The van der Waals surface area contributed by atoms with Crippen LogP contribution in [0.2, 0.25) is 0 Å². The minimum atomic E-state index is -1.27. The van der Waals surface area contributed by atoms with Crippen LogP contribution in [0.15, 0.2) is 53.0 Å². The second-order valence-electron chi connectivity index (χ2n) is 5.35. The molecule has 112 valence electrons. The van der Waals surface area contributed by atoms with Crippen molar-refractivity contribution in [3.63, 3.8) is 0 Å². The molecule has 1 fully saturated rings. The number of halogens is 1. The lowest BCUT2D eigenvalue weighted by Crippen LogP contribution is -2.40. The van der Waals surface area contributed by atoms with Crippen molar-refractivity contribution < 1.29 is 14.3 Å². The van der Waals surface area contributed by atoms with Crippen molar-refractivity contribution in [2.75, 3.05) is 18.1 Å². The molecule has 0 aliphatic carbocycles. The minimum Gasteiger partial charge on any atom is -0.336 e. The highest BCUT2D eigenvalue weighted by molar-refractivity contribution is 9.10. The molecule has 22 heavy (non-hydrogen) atoms. The van der Waals surface area contributed by atoms with Gasteiger partial charge in [-0.25, -0.2) is 0 Å². The largest absolute Gasteiger partial charge is 0.336 e. The Hall–Kier alpha value is -1.69. The maximum absolute atomic E-state index is 13.0. The molecule has 0 atom stereocenters. The third-order valence-electron chi connectivity index (χ3n) is 4.01. The Bertz CT molecular complexity index is 726. The zero-order valence-corrected chi connectivity index (χ0v) is 13.4. The molecular weight excluding hydrogens is 346 g/mol. The van der Waals surface area contributed by atoms with Crippen LogP contribution in [-0.2, 0) is 26.6 Å². The van der Waals surface area contributed by atoms with Crippen LogP contribution in [0.4, 0.5) is 5.69 Å². The van der Waals surface area contributed by atoms with Crippen molar-refractivity contribution in [3.8, 4) is 0 Å². The summed E-state index contributed by atoms with van der Waals surface area (Å²) < 4.78 is 12.4. The Morgan fingerprint density at radius 1 is 1.09 bits per heavy atom. The molecule has 0 radical (unpaired) electrons. The van der Waals surface area contributed by atoms with Crippen LogP contribution in [0.1, 0.15) is 11.1 Å². The second-order valence-corrected chi connectivity index (χ2v) is 6.27. The number of amides is 1. The molecule has 2 aliphatic rings. The Balaban J connectivity index is 1.79. The van der Waals surface area contributed by atoms with Gasteiger partial charge in [0.05, 0.1) is 25.4 Å². The molecule has 0 saturated carbocycles. The summed E-state index contributed by atoms with van der Waals surface area (Å²) in [6.07, 6.45) is 0. The van der Waals surface area contributed by atoms with Gasteiger partial charge in [-0.3, -0.25) is 4.79 Å². The zero-order chi connectivity index (χ0) is 15.2. The molecule has 4 nitrogen and oxygen atoms in total. The van der Waals surface area contributed by atoms with Gasteiger partial charge in [-0.1, -0.05) is 46.3 Å². The van der Waals surface area contributed by atoms with Gasteiger partial charge in [0.25, 0.3) is 11.7 Å². The molecular formula is C17H14BrNO3. The molecule has 0 bridgehead atoms.